The number of carbonyl (C=O) groups excluding carboxylic acids is 1. The molecule has 1 amide bonds. The summed E-state index contributed by atoms with van der Waals surface area (Å²) in [5.41, 5.74) is 1.19. The number of hydrogen-bond donors (Lipinski definition) is 1. The third-order valence-corrected chi connectivity index (χ3v) is 4.05. The Bertz CT molecular complexity index is 505. The zero-order chi connectivity index (χ0) is 13.0. The van der Waals surface area contributed by atoms with E-state index in [0.717, 1.165) is 11.9 Å². The number of carbonyl (C=O) groups is 1. The molecule has 1 N–H and O–H groups in total. The van der Waals surface area contributed by atoms with Crippen molar-refractivity contribution < 1.29 is 14.1 Å². The number of fused-ring (bicyclic) bond motifs is 1. The van der Waals surface area contributed by atoms with E-state index in [1.165, 1.54) is 0 Å². The molecule has 1 aliphatic heterocycles. The van der Waals surface area contributed by atoms with Gasteiger partial charge in [0.1, 0.15) is 0 Å². The van der Waals surface area contributed by atoms with Gasteiger partial charge in [0.25, 0.3) is 5.91 Å². The van der Waals surface area contributed by atoms with Crippen molar-refractivity contribution in [2.45, 2.75) is 31.5 Å². The molecule has 0 radical (unpaired) electrons. The van der Waals surface area contributed by atoms with E-state index in [4.69, 9.17) is 9.31 Å². The second-order valence-corrected chi connectivity index (χ2v) is 5.41. The predicted octanol–water partition coefficient (Wildman–Crippen LogP) is 0.709. The molecule has 2 atom stereocenters. The van der Waals surface area contributed by atoms with E-state index in [-0.39, 0.29) is 24.2 Å². The fourth-order valence-electron chi connectivity index (χ4n) is 2.54. The minimum Gasteiger partial charge on any atom is -0.399 e. The van der Waals surface area contributed by atoms with Crippen molar-refractivity contribution in [1.29, 1.82) is 0 Å². The first-order chi connectivity index (χ1) is 8.47. The van der Waals surface area contributed by atoms with E-state index in [2.05, 4.69) is 19.2 Å². The van der Waals surface area contributed by atoms with Crippen molar-refractivity contribution in [2.24, 2.45) is 0 Å². The molecule has 0 spiro atoms. The molecule has 1 saturated heterocycles. The van der Waals surface area contributed by atoms with E-state index >= 15 is 0 Å². The summed E-state index contributed by atoms with van der Waals surface area (Å²) in [4.78, 5) is 11.6. The predicted molar refractivity (Wildman–Crippen MR) is 68.8 cm³/mol. The molecule has 3 rings (SSSR count). The molecule has 1 aromatic rings. The van der Waals surface area contributed by atoms with Gasteiger partial charge < -0.3 is 14.6 Å². The highest BCUT2D eigenvalue weighted by molar-refractivity contribution is 6.62. The van der Waals surface area contributed by atoms with Crippen molar-refractivity contribution in [3.63, 3.8) is 0 Å². The fraction of sp³-hybridized carbons (Fsp3) is 0.462. The van der Waals surface area contributed by atoms with Crippen molar-refractivity contribution in [2.75, 3.05) is 7.05 Å². The normalized spacial score (nSPS) is 33.2. The van der Waals surface area contributed by atoms with Gasteiger partial charge in [0, 0.05) is 19.0 Å². The van der Waals surface area contributed by atoms with Crippen LogP contribution in [0.25, 0.3) is 0 Å². The molecular weight excluding hydrogens is 229 g/mol. The van der Waals surface area contributed by atoms with Gasteiger partial charge in [0.05, 0.1) is 11.2 Å². The highest BCUT2D eigenvalue weighted by Crippen LogP contribution is 2.58. The molecule has 5 heteroatoms. The maximum atomic E-state index is 11.6. The van der Waals surface area contributed by atoms with Crippen molar-refractivity contribution in [3.8, 4) is 0 Å². The first-order valence-electron chi connectivity index (χ1n) is 6.15. The van der Waals surface area contributed by atoms with Crippen LogP contribution in [0, 0.1) is 0 Å². The molecule has 0 aromatic heterocycles. The van der Waals surface area contributed by atoms with Crippen LogP contribution in [0.1, 0.15) is 30.6 Å². The summed E-state index contributed by atoms with van der Waals surface area (Å²) >= 11 is 0. The minimum absolute atomic E-state index is 0.0996. The molecule has 18 heavy (non-hydrogen) atoms. The Morgan fingerprint density at radius 1 is 1.33 bits per heavy atom. The molecule has 2 unspecified atom stereocenters. The lowest BCUT2D eigenvalue weighted by Gasteiger charge is -2.11. The maximum absolute atomic E-state index is 11.6. The van der Waals surface area contributed by atoms with Gasteiger partial charge in [-0.05, 0) is 31.4 Å². The lowest BCUT2D eigenvalue weighted by atomic mass is 9.78. The Kier molecular flexibility index (Phi) is 2.34. The van der Waals surface area contributed by atoms with Crippen molar-refractivity contribution in [3.05, 3.63) is 29.8 Å². The number of benzene rings is 1. The van der Waals surface area contributed by atoms with Crippen LogP contribution in [-0.4, -0.2) is 31.3 Å². The summed E-state index contributed by atoms with van der Waals surface area (Å²) in [5, 5.41) is 2.61. The average molecular weight is 245 g/mol. The molecular formula is C13H16BNO3. The van der Waals surface area contributed by atoms with Gasteiger partial charge in [-0.25, -0.2) is 0 Å². The van der Waals surface area contributed by atoms with Gasteiger partial charge in [-0.3, -0.25) is 4.79 Å². The highest BCUT2D eigenvalue weighted by atomic mass is 16.7. The summed E-state index contributed by atoms with van der Waals surface area (Å²) in [6.45, 7) is 4.13. The number of nitrogens with one attached hydrogen (secondary N) is 1. The van der Waals surface area contributed by atoms with Crippen LogP contribution in [0.15, 0.2) is 24.3 Å². The molecule has 1 aliphatic carbocycles. The summed E-state index contributed by atoms with van der Waals surface area (Å²) in [7, 11) is 1.26. The minimum atomic E-state index is -0.363. The molecule has 2 fully saturated rings. The van der Waals surface area contributed by atoms with E-state index in [0.29, 0.717) is 5.56 Å². The fourth-order valence-corrected chi connectivity index (χ4v) is 2.54. The summed E-state index contributed by atoms with van der Waals surface area (Å²) < 4.78 is 11.9. The van der Waals surface area contributed by atoms with Crippen molar-refractivity contribution >= 4 is 18.5 Å². The lowest BCUT2D eigenvalue weighted by Crippen LogP contribution is -2.36. The monoisotopic (exact) mass is 245 g/mol. The molecule has 1 heterocycles. The Morgan fingerprint density at radius 2 is 2.00 bits per heavy atom. The average Bonchev–Trinajstić information content (AvgIpc) is 2.78. The van der Waals surface area contributed by atoms with Gasteiger partial charge >= 0.3 is 7.12 Å². The maximum Gasteiger partial charge on any atom is 0.494 e. The van der Waals surface area contributed by atoms with Crippen LogP contribution in [0.3, 0.4) is 0 Å². The first-order valence-corrected chi connectivity index (χ1v) is 6.15. The Hall–Kier alpha value is -1.33. The van der Waals surface area contributed by atoms with E-state index in [9.17, 15) is 4.79 Å². The summed E-state index contributed by atoms with van der Waals surface area (Å²) in [6, 6.07) is 7.37. The highest BCUT2D eigenvalue weighted by Gasteiger charge is 2.71. The number of hydrogen-bond acceptors (Lipinski definition) is 3. The number of amides is 1. The van der Waals surface area contributed by atoms with Crippen LogP contribution in [0.2, 0.25) is 0 Å². The lowest BCUT2D eigenvalue weighted by molar-refractivity contribution is 0.0963. The van der Waals surface area contributed by atoms with Gasteiger partial charge in [-0.2, -0.15) is 0 Å². The smallest absolute Gasteiger partial charge is 0.399 e. The quantitative estimate of drug-likeness (QED) is 0.780. The first kappa shape index (κ1) is 11.7. The third-order valence-electron chi connectivity index (χ3n) is 4.05. The topological polar surface area (TPSA) is 47.6 Å². The Morgan fingerprint density at radius 3 is 2.61 bits per heavy atom. The summed E-state index contributed by atoms with van der Waals surface area (Å²) in [6.07, 6.45) is 0.936. The third kappa shape index (κ3) is 1.58. The van der Waals surface area contributed by atoms with E-state index < -0.39 is 0 Å². The SMILES string of the molecule is CNC(=O)c1cccc(B2OC3(C)CC3(C)O2)c1. The molecule has 4 nitrogen and oxygen atoms in total. The summed E-state index contributed by atoms with van der Waals surface area (Å²) in [5.74, 6) is -0.0996. The molecule has 1 aromatic carbocycles. The second kappa shape index (κ2) is 3.59. The van der Waals surface area contributed by atoms with Gasteiger partial charge in [0.2, 0.25) is 0 Å². The van der Waals surface area contributed by atoms with Crippen LogP contribution < -0.4 is 10.8 Å². The van der Waals surface area contributed by atoms with Gasteiger partial charge in [0.15, 0.2) is 0 Å². The van der Waals surface area contributed by atoms with Crippen LogP contribution in [0.4, 0.5) is 0 Å². The Balaban J connectivity index is 1.84. The molecule has 0 bridgehead atoms. The zero-order valence-electron chi connectivity index (χ0n) is 10.8. The van der Waals surface area contributed by atoms with Crippen molar-refractivity contribution in [1.82, 2.24) is 5.32 Å². The Labute approximate surface area is 107 Å². The van der Waals surface area contributed by atoms with E-state index in [1.54, 1.807) is 13.1 Å². The largest absolute Gasteiger partial charge is 0.494 e. The number of rotatable bonds is 2. The van der Waals surface area contributed by atoms with Crippen LogP contribution in [0.5, 0.6) is 0 Å². The molecule has 94 valence electrons. The van der Waals surface area contributed by atoms with Gasteiger partial charge in [-0.15, -0.1) is 0 Å². The zero-order valence-corrected chi connectivity index (χ0v) is 10.8. The van der Waals surface area contributed by atoms with E-state index in [1.807, 2.05) is 18.2 Å². The second-order valence-electron chi connectivity index (χ2n) is 5.41. The molecule has 1 saturated carbocycles. The van der Waals surface area contributed by atoms with Gasteiger partial charge in [-0.1, -0.05) is 12.1 Å². The van der Waals surface area contributed by atoms with Crippen LogP contribution in [-0.2, 0) is 9.31 Å². The standard InChI is InChI=1S/C13H16BNO3/c1-12-8-13(12,2)18-14(17-12)10-6-4-5-9(7-10)11(16)15-3/h4-7H,8H2,1-3H3,(H,15,16). The molecule has 2 aliphatic rings. The van der Waals surface area contributed by atoms with Crippen LogP contribution >= 0.6 is 0 Å².